The molecule has 1 aromatic carbocycles. The van der Waals surface area contributed by atoms with Crippen molar-refractivity contribution in [1.29, 1.82) is 0 Å². The van der Waals surface area contributed by atoms with Gasteiger partial charge in [0, 0.05) is 12.0 Å². The molecule has 1 aliphatic rings. The molecule has 2 N–H and O–H groups in total. The summed E-state index contributed by atoms with van der Waals surface area (Å²) in [5.74, 6) is 6.12. The summed E-state index contributed by atoms with van der Waals surface area (Å²) in [6.07, 6.45) is 5.42. The van der Waals surface area contributed by atoms with Gasteiger partial charge in [-0.1, -0.05) is 30.7 Å². The van der Waals surface area contributed by atoms with Gasteiger partial charge in [0.05, 0.1) is 5.69 Å². The van der Waals surface area contributed by atoms with Crippen LogP contribution in [-0.4, -0.2) is 17.6 Å². The van der Waals surface area contributed by atoms with Crippen LogP contribution in [0.25, 0.3) is 0 Å². The molecule has 1 fully saturated rings. The second kappa shape index (κ2) is 7.12. The Morgan fingerprint density at radius 3 is 2.85 bits per heavy atom. The average molecular weight is 271 g/mol. The summed E-state index contributed by atoms with van der Waals surface area (Å²) in [5, 5.41) is 11.7. The van der Waals surface area contributed by atoms with Gasteiger partial charge in [0.2, 0.25) is 5.91 Å². The molecule has 20 heavy (non-hydrogen) atoms. The number of carbonyl (C=O) groups is 1. The molecule has 0 saturated heterocycles. The molecule has 0 bridgehead atoms. The van der Waals surface area contributed by atoms with E-state index >= 15 is 0 Å². The predicted octanol–water partition coefficient (Wildman–Crippen LogP) is 2.86. The van der Waals surface area contributed by atoms with Crippen LogP contribution in [0.1, 0.15) is 43.2 Å². The quantitative estimate of drug-likeness (QED) is 0.831. The molecule has 1 aliphatic carbocycles. The van der Waals surface area contributed by atoms with E-state index in [0.29, 0.717) is 12.3 Å². The van der Waals surface area contributed by atoms with Gasteiger partial charge in [-0.15, -0.1) is 0 Å². The third-order valence-electron chi connectivity index (χ3n) is 3.70. The smallest absolute Gasteiger partial charge is 0.224 e. The first-order chi connectivity index (χ1) is 9.69. The van der Waals surface area contributed by atoms with Gasteiger partial charge in [0.25, 0.3) is 0 Å². The second-order valence-corrected chi connectivity index (χ2v) is 5.41. The molecule has 1 aromatic rings. The molecule has 3 heteroatoms. The highest BCUT2D eigenvalue weighted by atomic mass is 16.2. The Balaban J connectivity index is 2.05. The van der Waals surface area contributed by atoms with E-state index in [1.54, 1.807) is 0 Å². The molecule has 3 nitrogen and oxygen atoms in total. The van der Waals surface area contributed by atoms with Crippen molar-refractivity contribution in [2.24, 2.45) is 5.92 Å². The highest BCUT2D eigenvalue weighted by molar-refractivity contribution is 5.92. The highest BCUT2D eigenvalue weighted by Crippen LogP contribution is 2.28. The minimum atomic E-state index is -0.177. The van der Waals surface area contributed by atoms with Crippen LogP contribution in [-0.2, 0) is 4.79 Å². The Bertz CT molecular complexity index is 534. The fourth-order valence-corrected chi connectivity index (χ4v) is 2.68. The van der Waals surface area contributed by atoms with E-state index in [9.17, 15) is 4.79 Å². The first kappa shape index (κ1) is 14.6. The lowest BCUT2D eigenvalue weighted by molar-refractivity contribution is -0.117. The zero-order valence-corrected chi connectivity index (χ0v) is 11.9. The van der Waals surface area contributed by atoms with E-state index in [-0.39, 0.29) is 12.5 Å². The molecule has 0 aromatic heterocycles. The molecule has 106 valence electrons. The van der Waals surface area contributed by atoms with E-state index in [2.05, 4.69) is 17.2 Å². The molecule has 1 saturated carbocycles. The molecule has 0 aliphatic heterocycles. The summed E-state index contributed by atoms with van der Waals surface area (Å²) < 4.78 is 0. The van der Waals surface area contributed by atoms with Crippen molar-refractivity contribution in [3.05, 3.63) is 29.3 Å². The lowest BCUT2D eigenvalue weighted by atomic mass is 10.0. The first-order valence-corrected chi connectivity index (χ1v) is 7.19. The summed E-state index contributed by atoms with van der Waals surface area (Å²) in [5.41, 5.74) is 2.58. The van der Waals surface area contributed by atoms with Crippen molar-refractivity contribution < 1.29 is 9.90 Å². The van der Waals surface area contributed by atoms with Gasteiger partial charge in [0.1, 0.15) is 6.61 Å². The Kier molecular flexibility index (Phi) is 5.20. The summed E-state index contributed by atoms with van der Waals surface area (Å²) in [7, 11) is 0. The van der Waals surface area contributed by atoms with E-state index in [1.165, 1.54) is 25.7 Å². The topological polar surface area (TPSA) is 49.3 Å². The third-order valence-corrected chi connectivity index (χ3v) is 3.70. The summed E-state index contributed by atoms with van der Waals surface area (Å²) >= 11 is 0. The van der Waals surface area contributed by atoms with Crippen LogP contribution in [0, 0.1) is 24.7 Å². The standard InChI is InChI=1S/C17H21NO2/c1-13-8-9-16(15(11-13)7-4-10-19)18-17(20)12-14-5-2-3-6-14/h8-9,11,14,19H,2-3,5-6,10,12H2,1H3,(H,18,20). The first-order valence-electron chi connectivity index (χ1n) is 7.19. The molecule has 0 heterocycles. The third kappa shape index (κ3) is 4.11. The van der Waals surface area contributed by atoms with Crippen LogP contribution >= 0.6 is 0 Å². The Hall–Kier alpha value is -1.79. The van der Waals surface area contributed by atoms with Crippen molar-refractivity contribution in [3.63, 3.8) is 0 Å². The Morgan fingerprint density at radius 2 is 2.15 bits per heavy atom. The van der Waals surface area contributed by atoms with Gasteiger partial charge in [-0.25, -0.2) is 0 Å². The number of amides is 1. The number of hydrogen-bond acceptors (Lipinski definition) is 2. The fourth-order valence-electron chi connectivity index (χ4n) is 2.68. The van der Waals surface area contributed by atoms with Gasteiger partial charge < -0.3 is 10.4 Å². The van der Waals surface area contributed by atoms with Crippen molar-refractivity contribution in [2.75, 3.05) is 11.9 Å². The number of aliphatic hydroxyl groups excluding tert-OH is 1. The van der Waals surface area contributed by atoms with E-state index in [4.69, 9.17) is 5.11 Å². The molecular weight excluding hydrogens is 250 g/mol. The van der Waals surface area contributed by atoms with Crippen LogP contribution in [0.5, 0.6) is 0 Å². The zero-order chi connectivity index (χ0) is 14.4. The largest absolute Gasteiger partial charge is 0.384 e. The average Bonchev–Trinajstić information content (AvgIpc) is 2.91. The van der Waals surface area contributed by atoms with E-state index in [1.807, 2.05) is 25.1 Å². The molecular formula is C17H21NO2. The zero-order valence-electron chi connectivity index (χ0n) is 11.9. The van der Waals surface area contributed by atoms with Crippen LogP contribution in [0.2, 0.25) is 0 Å². The molecule has 0 radical (unpaired) electrons. The van der Waals surface area contributed by atoms with Crippen molar-refractivity contribution in [2.45, 2.75) is 39.0 Å². The van der Waals surface area contributed by atoms with Crippen LogP contribution in [0.3, 0.4) is 0 Å². The van der Waals surface area contributed by atoms with Gasteiger partial charge in [-0.3, -0.25) is 4.79 Å². The summed E-state index contributed by atoms with van der Waals surface area (Å²) in [6, 6.07) is 5.76. The number of rotatable bonds is 3. The maximum absolute atomic E-state index is 12.1. The molecule has 0 spiro atoms. The number of anilines is 1. The number of aliphatic hydroxyl groups is 1. The van der Waals surface area contributed by atoms with Crippen molar-refractivity contribution in [1.82, 2.24) is 0 Å². The lowest BCUT2D eigenvalue weighted by Crippen LogP contribution is -2.15. The van der Waals surface area contributed by atoms with Gasteiger partial charge >= 0.3 is 0 Å². The van der Waals surface area contributed by atoms with Gasteiger partial charge in [0.15, 0.2) is 0 Å². The molecule has 2 rings (SSSR count). The summed E-state index contributed by atoms with van der Waals surface area (Å²) in [6.45, 7) is 1.80. The van der Waals surface area contributed by atoms with Crippen LogP contribution in [0.15, 0.2) is 18.2 Å². The maximum atomic E-state index is 12.1. The van der Waals surface area contributed by atoms with E-state index < -0.39 is 0 Å². The Morgan fingerprint density at radius 1 is 1.40 bits per heavy atom. The SMILES string of the molecule is Cc1ccc(NC(=O)CC2CCCC2)c(C#CCO)c1. The van der Waals surface area contributed by atoms with Gasteiger partial charge in [-0.2, -0.15) is 0 Å². The number of benzene rings is 1. The van der Waals surface area contributed by atoms with E-state index in [0.717, 1.165) is 16.8 Å². The lowest BCUT2D eigenvalue weighted by Gasteiger charge is -2.11. The Labute approximate surface area is 120 Å². The number of nitrogens with one attached hydrogen (secondary N) is 1. The number of aryl methyl sites for hydroxylation is 1. The van der Waals surface area contributed by atoms with Crippen LogP contribution in [0.4, 0.5) is 5.69 Å². The number of carbonyl (C=O) groups excluding carboxylic acids is 1. The normalized spacial score (nSPS) is 14.7. The van der Waals surface area contributed by atoms with Crippen LogP contribution < -0.4 is 5.32 Å². The molecule has 0 unspecified atom stereocenters. The second-order valence-electron chi connectivity index (χ2n) is 5.41. The summed E-state index contributed by atoms with van der Waals surface area (Å²) in [4.78, 5) is 12.1. The fraction of sp³-hybridized carbons (Fsp3) is 0.471. The molecule has 0 atom stereocenters. The number of hydrogen-bond donors (Lipinski definition) is 2. The molecule has 1 amide bonds. The van der Waals surface area contributed by atoms with Crippen molar-refractivity contribution >= 4 is 11.6 Å². The van der Waals surface area contributed by atoms with Gasteiger partial charge in [-0.05, 0) is 43.4 Å². The minimum Gasteiger partial charge on any atom is -0.384 e. The van der Waals surface area contributed by atoms with Crippen molar-refractivity contribution in [3.8, 4) is 11.8 Å². The monoisotopic (exact) mass is 271 g/mol. The highest BCUT2D eigenvalue weighted by Gasteiger charge is 2.18. The minimum absolute atomic E-state index is 0.0628. The maximum Gasteiger partial charge on any atom is 0.224 e. The predicted molar refractivity (Wildman–Crippen MR) is 80.3 cm³/mol.